The van der Waals surface area contributed by atoms with Crippen LogP contribution in [0.3, 0.4) is 0 Å². The molecule has 1 saturated heterocycles. The topological polar surface area (TPSA) is 12.0 Å². The van der Waals surface area contributed by atoms with E-state index in [4.69, 9.17) is 0 Å². The Hall–Kier alpha value is -0.890. The van der Waals surface area contributed by atoms with Gasteiger partial charge in [0, 0.05) is 11.6 Å². The highest BCUT2D eigenvalue weighted by Crippen LogP contribution is 2.27. The molecule has 1 fully saturated rings. The minimum absolute atomic E-state index is 0.0888. The van der Waals surface area contributed by atoms with Crippen molar-refractivity contribution in [1.82, 2.24) is 5.32 Å². The van der Waals surface area contributed by atoms with Crippen LogP contribution in [0.1, 0.15) is 24.9 Å². The van der Waals surface area contributed by atoms with Crippen LogP contribution in [-0.4, -0.2) is 6.54 Å². The van der Waals surface area contributed by atoms with Gasteiger partial charge in [0.25, 0.3) is 0 Å². The molecule has 70 valence electrons. The van der Waals surface area contributed by atoms with Gasteiger partial charge < -0.3 is 5.32 Å². The summed E-state index contributed by atoms with van der Waals surface area (Å²) < 4.78 is 13.3. The molecular weight excluding hydrogens is 165 g/mol. The van der Waals surface area contributed by atoms with E-state index in [-0.39, 0.29) is 11.9 Å². The predicted molar refractivity (Wildman–Crippen MR) is 50.9 cm³/mol. The third-order valence-electron chi connectivity index (χ3n) is 2.63. The quantitative estimate of drug-likeness (QED) is 0.698. The molecule has 13 heavy (non-hydrogen) atoms. The molecule has 1 aliphatic heterocycles. The molecule has 0 bridgehead atoms. The number of rotatable bonds is 1. The van der Waals surface area contributed by atoms with Crippen LogP contribution < -0.4 is 5.32 Å². The van der Waals surface area contributed by atoms with Crippen LogP contribution in [0.25, 0.3) is 0 Å². The normalized spacial score (nSPS) is 27.8. The van der Waals surface area contributed by atoms with Gasteiger partial charge in [-0.3, -0.25) is 0 Å². The Kier molecular flexibility index (Phi) is 2.32. The zero-order valence-corrected chi connectivity index (χ0v) is 7.76. The van der Waals surface area contributed by atoms with E-state index in [9.17, 15) is 4.39 Å². The monoisotopic (exact) mass is 179 g/mol. The van der Waals surface area contributed by atoms with E-state index in [2.05, 4.69) is 12.2 Å². The summed E-state index contributed by atoms with van der Waals surface area (Å²) in [5.74, 6) is 0.568. The standard InChI is InChI=1S/C11H14FN/c1-8-6-11(13-7-8)9-4-2-3-5-10(9)12/h2-5,8,11,13H,6-7H2,1H3. The molecule has 2 unspecified atom stereocenters. The summed E-state index contributed by atoms with van der Waals surface area (Å²) in [5, 5.41) is 3.32. The Morgan fingerprint density at radius 3 is 2.77 bits per heavy atom. The molecule has 0 aliphatic carbocycles. The Labute approximate surface area is 78.0 Å². The number of nitrogens with one attached hydrogen (secondary N) is 1. The second-order valence-electron chi connectivity index (χ2n) is 3.82. The van der Waals surface area contributed by atoms with Crippen molar-refractivity contribution in [2.24, 2.45) is 5.92 Å². The lowest BCUT2D eigenvalue weighted by Gasteiger charge is -2.10. The first kappa shape index (κ1) is 8.70. The summed E-state index contributed by atoms with van der Waals surface area (Å²) in [6, 6.07) is 7.24. The van der Waals surface area contributed by atoms with Crippen molar-refractivity contribution < 1.29 is 4.39 Å². The zero-order chi connectivity index (χ0) is 9.26. The van der Waals surface area contributed by atoms with Crippen LogP contribution in [0.15, 0.2) is 24.3 Å². The fraction of sp³-hybridized carbons (Fsp3) is 0.455. The van der Waals surface area contributed by atoms with Gasteiger partial charge in [0.1, 0.15) is 5.82 Å². The first-order valence-corrected chi connectivity index (χ1v) is 4.75. The largest absolute Gasteiger partial charge is 0.310 e. The fourth-order valence-corrected chi connectivity index (χ4v) is 1.91. The van der Waals surface area contributed by atoms with Gasteiger partial charge in [0.15, 0.2) is 0 Å². The van der Waals surface area contributed by atoms with Crippen molar-refractivity contribution in [3.63, 3.8) is 0 Å². The molecule has 1 nitrogen and oxygen atoms in total. The summed E-state index contributed by atoms with van der Waals surface area (Å²) in [4.78, 5) is 0. The van der Waals surface area contributed by atoms with Crippen molar-refractivity contribution in [2.45, 2.75) is 19.4 Å². The van der Waals surface area contributed by atoms with Gasteiger partial charge in [-0.05, 0) is 24.9 Å². The molecular formula is C11H14FN. The van der Waals surface area contributed by atoms with Gasteiger partial charge >= 0.3 is 0 Å². The molecule has 0 amide bonds. The molecule has 0 radical (unpaired) electrons. The SMILES string of the molecule is CC1CNC(c2ccccc2F)C1. The van der Waals surface area contributed by atoms with E-state index in [0.717, 1.165) is 18.5 Å². The second kappa shape index (κ2) is 3.46. The summed E-state index contributed by atoms with van der Waals surface area (Å²) in [7, 11) is 0. The van der Waals surface area contributed by atoms with E-state index in [1.165, 1.54) is 6.07 Å². The summed E-state index contributed by atoms with van der Waals surface area (Å²) in [5.41, 5.74) is 0.812. The molecule has 0 spiro atoms. The lowest BCUT2D eigenvalue weighted by atomic mass is 10.0. The van der Waals surface area contributed by atoms with Gasteiger partial charge in [-0.1, -0.05) is 25.1 Å². The molecule has 2 rings (SSSR count). The van der Waals surface area contributed by atoms with Gasteiger partial charge in [-0.15, -0.1) is 0 Å². The van der Waals surface area contributed by atoms with Gasteiger partial charge in [0.05, 0.1) is 0 Å². The number of hydrogen-bond acceptors (Lipinski definition) is 1. The number of halogens is 1. The third kappa shape index (κ3) is 1.73. The average Bonchev–Trinajstić information content (AvgIpc) is 2.53. The average molecular weight is 179 g/mol. The molecule has 1 aromatic rings. The maximum absolute atomic E-state index is 13.3. The van der Waals surface area contributed by atoms with E-state index >= 15 is 0 Å². The molecule has 1 aliphatic rings. The van der Waals surface area contributed by atoms with Gasteiger partial charge in [0.2, 0.25) is 0 Å². The van der Waals surface area contributed by atoms with E-state index in [1.807, 2.05) is 12.1 Å². The summed E-state index contributed by atoms with van der Waals surface area (Å²) in [6.07, 6.45) is 1.04. The summed E-state index contributed by atoms with van der Waals surface area (Å²) >= 11 is 0. The van der Waals surface area contributed by atoms with Crippen LogP contribution >= 0.6 is 0 Å². The van der Waals surface area contributed by atoms with Crippen LogP contribution in [0.2, 0.25) is 0 Å². The smallest absolute Gasteiger partial charge is 0.127 e. The van der Waals surface area contributed by atoms with E-state index in [0.29, 0.717) is 5.92 Å². The van der Waals surface area contributed by atoms with Crippen molar-refractivity contribution in [3.8, 4) is 0 Å². The highest BCUT2D eigenvalue weighted by molar-refractivity contribution is 5.22. The first-order chi connectivity index (χ1) is 6.27. The fourth-order valence-electron chi connectivity index (χ4n) is 1.91. The van der Waals surface area contributed by atoms with Crippen molar-refractivity contribution >= 4 is 0 Å². The minimum Gasteiger partial charge on any atom is -0.310 e. The van der Waals surface area contributed by atoms with Crippen LogP contribution in [0.4, 0.5) is 4.39 Å². The molecule has 2 heteroatoms. The Bertz CT molecular complexity index is 298. The van der Waals surface area contributed by atoms with Crippen molar-refractivity contribution in [1.29, 1.82) is 0 Å². The third-order valence-corrected chi connectivity index (χ3v) is 2.63. The van der Waals surface area contributed by atoms with Crippen molar-refractivity contribution in [2.75, 3.05) is 6.54 Å². The van der Waals surface area contributed by atoms with E-state index < -0.39 is 0 Å². The van der Waals surface area contributed by atoms with Crippen LogP contribution in [-0.2, 0) is 0 Å². The lowest BCUT2D eigenvalue weighted by Crippen LogP contribution is -2.14. The molecule has 2 atom stereocenters. The lowest BCUT2D eigenvalue weighted by molar-refractivity contribution is 0.550. The highest BCUT2D eigenvalue weighted by Gasteiger charge is 2.23. The highest BCUT2D eigenvalue weighted by atomic mass is 19.1. The molecule has 1 heterocycles. The maximum atomic E-state index is 13.3. The number of benzene rings is 1. The van der Waals surface area contributed by atoms with Crippen molar-refractivity contribution in [3.05, 3.63) is 35.6 Å². The van der Waals surface area contributed by atoms with Crippen LogP contribution in [0, 0.1) is 11.7 Å². The van der Waals surface area contributed by atoms with Gasteiger partial charge in [-0.25, -0.2) is 4.39 Å². The zero-order valence-electron chi connectivity index (χ0n) is 7.76. The number of hydrogen-bond donors (Lipinski definition) is 1. The molecule has 0 aromatic heterocycles. The Balaban J connectivity index is 2.21. The maximum Gasteiger partial charge on any atom is 0.127 e. The Morgan fingerprint density at radius 1 is 1.38 bits per heavy atom. The molecule has 0 saturated carbocycles. The Morgan fingerprint density at radius 2 is 2.15 bits per heavy atom. The first-order valence-electron chi connectivity index (χ1n) is 4.75. The van der Waals surface area contributed by atoms with Gasteiger partial charge in [-0.2, -0.15) is 0 Å². The predicted octanol–water partition coefficient (Wildman–Crippen LogP) is 2.50. The van der Waals surface area contributed by atoms with E-state index in [1.54, 1.807) is 6.07 Å². The minimum atomic E-state index is -0.0888. The molecule has 1 aromatic carbocycles. The second-order valence-corrected chi connectivity index (χ2v) is 3.82. The molecule has 1 N–H and O–H groups in total. The van der Waals surface area contributed by atoms with Crippen LogP contribution in [0.5, 0.6) is 0 Å². The summed E-state index contributed by atoms with van der Waals surface area (Å²) in [6.45, 7) is 3.19.